The van der Waals surface area contributed by atoms with Crippen LogP contribution in [0.4, 0.5) is 17.1 Å². The average Bonchev–Trinajstić information content (AvgIpc) is 3.43. The molecule has 0 bridgehead atoms. The van der Waals surface area contributed by atoms with Crippen LogP contribution in [0, 0.1) is 23.7 Å². The number of imidazole rings is 1. The van der Waals surface area contributed by atoms with Gasteiger partial charge in [0.05, 0.1) is 40.5 Å². The molecule has 7 nitrogen and oxygen atoms in total. The molecule has 1 aliphatic carbocycles. The van der Waals surface area contributed by atoms with Crippen LogP contribution >= 0.6 is 0 Å². The highest BCUT2D eigenvalue weighted by molar-refractivity contribution is 6.04. The van der Waals surface area contributed by atoms with Gasteiger partial charge in [-0.05, 0) is 47.9 Å². The summed E-state index contributed by atoms with van der Waals surface area (Å²) in [4.78, 5) is 14.9. The quantitative estimate of drug-likeness (QED) is 0.364. The molecule has 1 saturated heterocycles. The zero-order chi connectivity index (χ0) is 25.5. The zero-order valence-electron chi connectivity index (χ0n) is 21.7. The largest absolute Gasteiger partial charge is 0.396 e. The number of H-pyrrole nitrogens is 1. The molecule has 2 aliphatic heterocycles. The Morgan fingerprint density at radius 2 is 2.00 bits per heavy atom. The van der Waals surface area contributed by atoms with Crippen molar-refractivity contribution in [3.8, 4) is 11.1 Å². The summed E-state index contributed by atoms with van der Waals surface area (Å²) in [5.41, 5.74) is 14.2. The van der Waals surface area contributed by atoms with Crippen molar-refractivity contribution in [3.63, 3.8) is 0 Å². The first-order chi connectivity index (χ1) is 18.0. The lowest BCUT2D eigenvalue weighted by Crippen LogP contribution is -2.45. The van der Waals surface area contributed by atoms with Gasteiger partial charge >= 0.3 is 0 Å². The molecule has 6 rings (SSSR count). The molecule has 7 heteroatoms. The van der Waals surface area contributed by atoms with Gasteiger partial charge < -0.3 is 25.8 Å². The number of aromatic nitrogens is 2. The Kier molecular flexibility index (Phi) is 6.67. The van der Waals surface area contributed by atoms with Gasteiger partial charge in [-0.2, -0.15) is 0 Å². The highest BCUT2D eigenvalue weighted by Gasteiger charge is 2.30. The van der Waals surface area contributed by atoms with E-state index < -0.39 is 6.10 Å². The van der Waals surface area contributed by atoms with Gasteiger partial charge in [0.15, 0.2) is 0 Å². The number of benzene rings is 2. The Balaban J connectivity index is 1.30. The van der Waals surface area contributed by atoms with Gasteiger partial charge in [0.2, 0.25) is 0 Å². The standard InChI is InChI=1S/C30H39N5O2/c1-18(19-5-3-2-4-6-19)23-11-21-8-7-20(12-25(21)32-14-23)24-13-26(28(31)30-29(24)33-17-34-30)35-10-9-22(16-36)27(37)15-35/h7-8,12-14,17-19,22-23,27,36-37H,2-6,9-11,15-16,31H2,1H3,(H,33,34)/t18?,22-,23?,27+/m1/s1. The van der Waals surface area contributed by atoms with Gasteiger partial charge in [-0.3, -0.25) is 4.99 Å². The monoisotopic (exact) mass is 501 g/mol. The Labute approximate surface area is 218 Å². The van der Waals surface area contributed by atoms with E-state index in [1.54, 1.807) is 6.33 Å². The number of nitrogens with one attached hydrogen (secondary N) is 1. The number of aliphatic hydroxyl groups is 2. The van der Waals surface area contributed by atoms with E-state index in [-0.39, 0.29) is 12.5 Å². The minimum Gasteiger partial charge on any atom is -0.396 e. The van der Waals surface area contributed by atoms with E-state index in [1.807, 2.05) is 0 Å². The number of piperidine rings is 1. The lowest BCUT2D eigenvalue weighted by atomic mass is 9.73. The molecule has 37 heavy (non-hydrogen) atoms. The van der Waals surface area contributed by atoms with Crippen LogP contribution in [0.2, 0.25) is 0 Å². The maximum Gasteiger partial charge on any atom is 0.0983 e. The summed E-state index contributed by atoms with van der Waals surface area (Å²) in [5, 5.41) is 20.1. The van der Waals surface area contributed by atoms with Crippen LogP contribution in [0.3, 0.4) is 0 Å². The second kappa shape index (κ2) is 10.1. The minimum atomic E-state index is -0.582. The molecule has 4 atom stereocenters. The van der Waals surface area contributed by atoms with Gasteiger partial charge in [-0.15, -0.1) is 0 Å². The van der Waals surface area contributed by atoms with Crippen molar-refractivity contribution in [2.45, 2.75) is 58.0 Å². The van der Waals surface area contributed by atoms with Crippen LogP contribution in [0.5, 0.6) is 0 Å². The molecule has 3 aromatic rings. The van der Waals surface area contributed by atoms with E-state index in [2.05, 4.69) is 52.3 Å². The van der Waals surface area contributed by atoms with Gasteiger partial charge in [-0.25, -0.2) is 4.98 Å². The van der Waals surface area contributed by atoms with E-state index in [1.165, 1.54) is 37.7 Å². The summed E-state index contributed by atoms with van der Waals surface area (Å²) in [5.74, 6) is 1.92. The second-order valence-corrected chi connectivity index (χ2v) is 11.5. The third-order valence-electron chi connectivity index (χ3n) is 9.34. The van der Waals surface area contributed by atoms with Crippen molar-refractivity contribution < 1.29 is 10.2 Å². The number of anilines is 2. The van der Waals surface area contributed by atoms with Gasteiger partial charge in [0.1, 0.15) is 0 Å². The summed E-state index contributed by atoms with van der Waals surface area (Å²) in [7, 11) is 0. The summed E-state index contributed by atoms with van der Waals surface area (Å²) in [6.45, 7) is 3.62. The fourth-order valence-electron chi connectivity index (χ4n) is 6.85. The summed E-state index contributed by atoms with van der Waals surface area (Å²) in [6, 6.07) is 8.72. The third kappa shape index (κ3) is 4.53. The maximum absolute atomic E-state index is 10.5. The highest BCUT2D eigenvalue weighted by Crippen LogP contribution is 2.42. The van der Waals surface area contributed by atoms with Crippen LogP contribution in [0.15, 0.2) is 35.6 Å². The lowest BCUT2D eigenvalue weighted by Gasteiger charge is -2.37. The Morgan fingerprint density at radius 1 is 1.16 bits per heavy atom. The van der Waals surface area contributed by atoms with E-state index in [0.29, 0.717) is 24.1 Å². The van der Waals surface area contributed by atoms with Crippen LogP contribution in [0.25, 0.3) is 22.2 Å². The van der Waals surface area contributed by atoms with Gasteiger partial charge in [0, 0.05) is 43.3 Å². The molecule has 0 spiro atoms. The lowest BCUT2D eigenvalue weighted by molar-refractivity contribution is 0.0548. The molecule has 196 valence electrons. The van der Waals surface area contributed by atoms with Crippen molar-refractivity contribution in [2.24, 2.45) is 28.7 Å². The number of hydrogen-bond acceptors (Lipinski definition) is 6. The number of hydrogen-bond donors (Lipinski definition) is 4. The number of aliphatic hydroxyl groups excluding tert-OH is 2. The van der Waals surface area contributed by atoms with E-state index in [9.17, 15) is 10.2 Å². The average molecular weight is 502 g/mol. The van der Waals surface area contributed by atoms with Crippen molar-refractivity contribution in [3.05, 3.63) is 36.2 Å². The second-order valence-electron chi connectivity index (χ2n) is 11.5. The van der Waals surface area contributed by atoms with Crippen LogP contribution < -0.4 is 10.6 Å². The molecule has 5 N–H and O–H groups in total. The number of nitrogens with two attached hydrogens (primary N) is 1. The summed E-state index contributed by atoms with van der Waals surface area (Å²) >= 11 is 0. The number of aromatic amines is 1. The number of aliphatic imine (C=N–C) groups is 1. The molecular weight excluding hydrogens is 462 g/mol. The maximum atomic E-state index is 10.5. The predicted molar refractivity (Wildman–Crippen MR) is 150 cm³/mol. The predicted octanol–water partition coefficient (Wildman–Crippen LogP) is 5.08. The molecule has 2 aromatic carbocycles. The number of nitrogen functional groups attached to an aromatic ring is 1. The molecule has 1 saturated carbocycles. The number of rotatable bonds is 5. The molecule has 3 heterocycles. The van der Waals surface area contributed by atoms with Gasteiger partial charge in [-0.1, -0.05) is 51.2 Å². The summed E-state index contributed by atoms with van der Waals surface area (Å²) < 4.78 is 0. The molecule has 0 amide bonds. The Hall–Kier alpha value is -2.90. The molecule has 2 unspecified atom stereocenters. The normalized spacial score (nSPS) is 25.4. The minimum absolute atomic E-state index is 0.00522. The third-order valence-corrected chi connectivity index (χ3v) is 9.34. The SMILES string of the molecule is CC(C1C=Nc2cc(-c3cc(N4CC[C@H](CO)[C@@H](O)C4)c(N)c4[nH]cnc34)ccc2C1)C1CCCCC1. The highest BCUT2D eigenvalue weighted by atomic mass is 16.3. The van der Waals surface area contributed by atoms with Crippen LogP contribution in [-0.4, -0.2) is 52.2 Å². The Morgan fingerprint density at radius 3 is 2.78 bits per heavy atom. The van der Waals surface area contributed by atoms with Crippen molar-refractivity contribution in [1.82, 2.24) is 9.97 Å². The molecule has 3 aliphatic rings. The first-order valence-electron chi connectivity index (χ1n) is 14.0. The topological polar surface area (TPSA) is 111 Å². The fraction of sp³-hybridized carbons (Fsp3) is 0.533. The van der Waals surface area contributed by atoms with Crippen molar-refractivity contribution in [2.75, 3.05) is 30.3 Å². The zero-order valence-corrected chi connectivity index (χ0v) is 21.7. The van der Waals surface area contributed by atoms with Crippen molar-refractivity contribution >= 4 is 34.3 Å². The molecule has 1 aromatic heterocycles. The molecule has 0 radical (unpaired) electrons. The Bertz CT molecular complexity index is 1290. The first-order valence-corrected chi connectivity index (χ1v) is 14.0. The number of nitrogens with zero attached hydrogens (tertiary/aromatic N) is 3. The van der Waals surface area contributed by atoms with Crippen molar-refractivity contribution in [1.29, 1.82) is 0 Å². The number of fused-ring (bicyclic) bond motifs is 2. The summed E-state index contributed by atoms with van der Waals surface area (Å²) in [6.07, 6.45) is 12.0. The fourth-order valence-corrected chi connectivity index (χ4v) is 6.85. The first kappa shape index (κ1) is 24.4. The van der Waals surface area contributed by atoms with Crippen LogP contribution in [-0.2, 0) is 6.42 Å². The van der Waals surface area contributed by atoms with Crippen LogP contribution in [0.1, 0.15) is 51.0 Å². The molecule has 2 fully saturated rings. The van der Waals surface area contributed by atoms with E-state index >= 15 is 0 Å². The van der Waals surface area contributed by atoms with E-state index in [4.69, 9.17) is 10.7 Å². The van der Waals surface area contributed by atoms with Gasteiger partial charge in [0.25, 0.3) is 0 Å². The smallest absolute Gasteiger partial charge is 0.0983 e. The van der Waals surface area contributed by atoms with E-state index in [0.717, 1.165) is 58.8 Å². The number of β-amino-alcohol motifs (C(OH)–C–C–N with tert-alkyl or cyclic N) is 1. The molecular formula is C30H39N5O2.